The van der Waals surface area contributed by atoms with Gasteiger partial charge in [0.15, 0.2) is 10.8 Å². The Bertz CT molecular complexity index is 1150. The number of rotatable bonds is 13. The minimum atomic E-state index is -0.781. The first-order valence-corrected chi connectivity index (χ1v) is 14.7. The lowest BCUT2D eigenvalue weighted by molar-refractivity contribution is -0.525. The van der Waals surface area contributed by atoms with Crippen LogP contribution in [0.25, 0.3) is 0 Å². The van der Waals surface area contributed by atoms with Crippen LogP contribution in [0.15, 0.2) is 35.3 Å². The van der Waals surface area contributed by atoms with E-state index in [9.17, 15) is 19.7 Å². The van der Waals surface area contributed by atoms with Crippen molar-refractivity contribution in [2.75, 3.05) is 6.54 Å². The Balaban J connectivity index is 1.46. The topological polar surface area (TPSA) is 158 Å². The number of Topliss-reactive ketones (excluding diaryl/α,β-unsaturated/α-hetero) is 1. The molecule has 0 aromatic heterocycles. The van der Waals surface area contributed by atoms with Gasteiger partial charge in [-0.2, -0.15) is 0 Å². The van der Waals surface area contributed by atoms with E-state index in [0.717, 1.165) is 12.8 Å². The molecule has 0 radical (unpaired) electrons. The molecule has 224 valence electrons. The molecule has 1 amide bonds. The number of guanidine groups is 1. The van der Waals surface area contributed by atoms with Crippen LogP contribution in [0.1, 0.15) is 83.5 Å². The largest absolute Gasteiger partial charge is 0.481 e. The summed E-state index contributed by atoms with van der Waals surface area (Å²) in [5.74, 6) is -0.343. The zero-order valence-corrected chi connectivity index (χ0v) is 24.8. The van der Waals surface area contributed by atoms with E-state index >= 15 is 0 Å². The summed E-state index contributed by atoms with van der Waals surface area (Å²) in [7, 11) is -0.561. The molecule has 1 aliphatic heterocycles. The predicted octanol–water partition coefficient (Wildman–Crippen LogP) is 3.55. The van der Waals surface area contributed by atoms with E-state index in [1.54, 1.807) is 29.7 Å². The van der Waals surface area contributed by atoms with Crippen LogP contribution in [0.5, 0.6) is 0 Å². The molecule has 1 heterocycles. The van der Waals surface area contributed by atoms with Crippen molar-refractivity contribution < 1.29 is 23.9 Å². The molecule has 1 saturated heterocycles. The first-order valence-electron chi connectivity index (χ1n) is 14.7. The van der Waals surface area contributed by atoms with Gasteiger partial charge in [0.2, 0.25) is 5.91 Å². The van der Waals surface area contributed by atoms with E-state index < -0.39 is 18.1 Å². The molecule has 4 aliphatic rings. The number of ketones is 1. The number of amides is 1. The van der Waals surface area contributed by atoms with E-state index in [1.165, 1.54) is 0 Å². The Morgan fingerprint density at radius 1 is 1.22 bits per heavy atom. The van der Waals surface area contributed by atoms with Crippen LogP contribution in [-0.2, 0) is 14.1 Å². The quantitative estimate of drug-likeness (QED) is 0.0619. The normalized spacial score (nSPS) is 27.9. The Labute approximate surface area is 242 Å². The number of benzene rings is 1. The van der Waals surface area contributed by atoms with Crippen molar-refractivity contribution >= 4 is 24.8 Å². The van der Waals surface area contributed by atoms with Crippen LogP contribution in [0, 0.1) is 39.2 Å². The fourth-order valence-corrected chi connectivity index (χ4v) is 7.08. The summed E-state index contributed by atoms with van der Waals surface area (Å²) in [4.78, 5) is 41.4. The molecule has 0 unspecified atom stereocenters. The van der Waals surface area contributed by atoms with E-state index in [2.05, 4.69) is 44.9 Å². The second kappa shape index (κ2) is 12.5. The molecule has 41 heavy (non-hydrogen) atoms. The van der Waals surface area contributed by atoms with Gasteiger partial charge in [-0.05, 0) is 62.2 Å². The minimum absolute atomic E-state index is 0.00221. The zero-order valence-electron chi connectivity index (χ0n) is 24.8. The number of hydrogen-bond acceptors (Lipinski definition) is 7. The molecule has 4 fully saturated rings. The van der Waals surface area contributed by atoms with E-state index in [-0.39, 0.29) is 59.6 Å². The minimum Gasteiger partial charge on any atom is -0.404 e. The molecule has 2 bridgehead atoms. The summed E-state index contributed by atoms with van der Waals surface area (Å²) in [6, 6.07) is 8.90. The molecular weight excluding hydrogens is 525 g/mol. The van der Waals surface area contributed by atoms with Gasteiger partial charge in [-0.1, -0.05) is 63.5 Å². The van der Waals surface area contributed by atoms with E-state index in [0.29, 0.717) is 36.7 Å². The van der Waals surface area contributed by atoms with Crippen molar-refractivity contribution in [3.05, 3.63) is 46.0 Å². The molecule has 12 heteroatoms. The van der Waals surface area contributed by atoms with Gasteiger partial charge < -0.3 is 20.4 Å². The highest BCUT2D eigenvalue weighted by Crippen LogP contribution is 2.65. The standard InChI is InChI=1S/C29H44BN5O6/c1-18(2)14-25(30-40-24-17-21-16-23(28(21,3)4)29(24,5)41-30)33-26(37)20(12-9-13-32-27(31)34-35(38)39)15-22(36)19-10-7-6-8-11-19/h6-8,10-11,18,20-21,23-25H,9,12-17H2,1-5H3,(H,33,37)(H3,31,32,34)/t20-,21-,23-,24-,25+,29+/m1/s1. The second-order valence-electron chi connectivity index (χ2n) is 13.1. The smallest absolute Gasteiger partial charge is 0.404 e. The number of hydrogen-bond donors (Lipinski definition) is 3. The first-order chi connectivity index (χ1) is 19.3. The van der Waals surface area contributed by atoms with Gasteiger partial charge in [-0.15, -0.1) is 0 Å². The third-order valence-electron chi connectivity index (χ3n) is 9.45. The molecule has 3 aliphatic carbocycles. The van der Waals surface area contributed by atoms with Gasteiger partial charge in [-0.25, -0.2) is 15.1 Å². The molecule has 4 N–H and O–H groups in total. The number of nitrogens with zero attached hydrogens (tertiary/aromatic N) is 2. The maximum atomic E-state index is 13.8. The summed E-state index contributed by atoms with van der Waals surface area (Å²) in [6.07, 6.45) is 3.59. The highest BCUT2D eigenvalue weighted by molar-refractivity contribution is 6.47. The van der Waals surface area contributed by atoms with Crippen LogP contribution < -0.4 is 16.5 Å². The summed E-state index contributed by atoms with van der Waals surface area (Å²) in [5.41, 5.74) is 7.69. The monoisotopic (exact) mass is 569 g/mol. The number of hydrazine groups is 1. The van der Waals surface area contributed by atoms with Crippen molar-refractivity contribution in [1.82, 2.24) is 10.7 Å². The summed E-state index contributed by atoms with van der Waals surface area (Å²) < 4.78 is 13.2. The summed E-state index contributed by atoms with van der Waals surface area (Å²) >= 11 is 0. The predicted molar refractivity (Wildman–Crippen MR) is 156 cm³/mol. The fourth-order valence-electron chi connectivity index (χ4n) is 7.08. The van der Waals surface area contributed by atoms with Gasteiger partial charge in [0.1, 0.15) is 0 Å². The maximum absolute atomic E-state index is 13.8. The van der Waals surface area contributed by atoms with E-state index in [4.69, 9.17) is 15.0 Å². The third kappa shape index (κ3) is 6.91. The third-order valence-corrected chi connectivity index (χ3v) is 9.45. The van der Waals surface area contributed by atoms with Crippen LogP contribution in [0.3, 0.4) is 0 Å². The Morgan fingerprint density at radius 2 is 1.93 bits per heavy atom. The molecule has 1 aromatic carbocycles. The second-order valence-corrected chi connectivity index (χ2v) is 13.1. The molecular formula is C29H44BN5O6. The number of nitrogens with one attached hydrogen (secondary N) is 2. The zero-order chi connectivity index (χ0) is 29.9. The number of aliphatic imine (C=N–C) groups is 1. The molecule has 6 atom stereocenters. The number of nitro groups is 1. The summed E-state index contributed by atoms with van der Waals surface area (Å²) in [5, 5.41) is 13.0. The van der Waals surface area contributed by atoms with Crippen LogP contribution in [0.2, 0.25) is 0 Å². The first kappa shape index (κ1) is 31.0. The van der Waals surface area contributed by atoms with Gasteiger partial charge in [0, 0.05) is 24.4 Å². The van der Waals surface area contributed by atoms with Gasteiger partial charge in [-0.3, -0.25) is 9.59 Å². The van der Waals surface area contributed by atoms with Crippen LogP contribution in [-0.4, -0.2) is 54.0 Å². The highest BCUT2D eigenvalue weighted by atomic mass is 16.7. The van der Waals surface area contributed by atoms with Crippen molar-refractivity contribution in [2.24, 2.45) is 39.8 Å². The Morgan fingerprint density at radius 3 is 2.56 bits per heavy atom. The average Bonchev–Trinajstić information content (AvgIpc) is 3.26. The molecule has 3 saturated carbocycles. The fraction of sp³-hybridized carbons (Fsp3) is 0.690. The van der Waals surface area contributed by atoms with Gasteiger partial charge in [0.05, 0.1) is 17.6 Å². The van der Waals surface area contributed by atoms with E-state index in [1.807, 2.05) is 6.07 Å². The number of nitrogens with two attached hydrogens (primary N) is 1. The maximum Gasteiger partial charge on any atom is 0.481 e. The highest BCUT2D eigenvalue weighted by Gasteiger charge is 2.68. The van der Waals surface area contributed by atoms with Crippen molar-refractivity contribution in [3.63, 3.8) is 0 Å². The molecule has 0 spiro atoms. The Kier molecular flexibility index (Phi) is 9.43. The van der Waals surface area contributed by atoms with Crippen molar-refractivity contribution in [2.45, 2.75) is 90.8 Å². The van der Waals surface area contributed by atoms with Crippen molar-refractivity contribution in [3.8, 4) is 0 Å². The van der Waals surface area contributed by atoms with Crippen LogP contribution in [0.4, 0.5) is 0 Å². The van der Waals surface area contributed by atoms with Gasteiger partial charge in [0.25, 0.3) is 5.96 Å². The lowest BCUT2D eigenvalue weighted by Crippen LogP contribution is -2.65. The molecule has 1 aromatic rings. The molecule has 5 rings (SSSR count). The SMILES string of the molecule is CC(C)C[C@H](NC(=O)[C@H](CCCN=C(N)N[N+](=O)[O-])CC(=O)c1ccccc1)B1O[C@@H]2C[C@H]3C[C@H](C3(C)C)[C@]2(C)O1. The molecule has 11 nitrogen and oxygen atoms in total. The number of carbonyl (C=O) groups excluding carboxylic acids is 2. The summed E-state index contributed by atoms with van der Waals surface area (Å²) in [6.45, 7) is 11.2. The Hall–Kier alpha value is -2.99. The lowest BCUT2D eigenvalue weighted by atomic mass is 9.43. The van der Waals surface area contributed by atoms with Gasteiger partial charge >= 0.3 is 7.12 Å². The average molecular weight is 570 g/mol. The van der Waals surface area contributed by atoms with Crippen molar-refractivity contribution in [1.29, 1.82) is 0 Å². The number of carbonyl (C=O) groups is 2. The van der Waals surface area contributed by atoms with Crippen LogP contribution >= 0.6 is 0 Å². The lowest BCUT2D eigenvalue weighted by Gasteiger charge is -2.64.